The summed E-state index contributed by atoms with van der Waals surface area (Å²) < 4.78 is 5.11. The number of rotatable bonds is 11. The number of ketones is 1. The van der Waals surface area contributed by atoms with Crippen molar-refractivity contribution in [2.24, 2.45) is 5.92 Å². The van der Waals surface area contributed by atoms with Gasteiger partial charge in [0.2, 0.25) is 5.91 Å². The fourth-order valence-corrected chi connectivity index (χ4v) is 4.97. The van der Waals surface area contributed by atoms with Crippen LogP contribution in [0.1, 0.15) is 49.2 Å². The molecule has 4 rings (SSSR count). The number of carbonyl (C=O) groups excluding carboxylic acids is 5. The van der Waals surface area contributed by atoms with E-state index in [9.17, 15) is 24.0 Å². The zero-order chi connectivity index (χ0) is 31.8. The first-order chi connectivity index (χ1) is 21.1. The largest absolute Gasteiger partial charge is 0.457 e. The van der Waals surface area contributed by atoms with E-state index >= 15 is 0 Å². The average molecular weight is 597 g/mol. The highest BCUT2D eigenvalue weighted by Crippen LogP contribution is 2.31. The topological polar surface area (TPSA) is 126 Å². The maximum absolute atomic E-state index is 14.1. The Balaban J connectivity index is 1.67. The summed E-state index contributed by atoms with van der Waals surface area (Å²) in [7, 11) is 0. The standard InChI is InChI=1S/C34H36N4O6/c1-22(2)30-33(42)37(28(25-13-9-6-10-14-25)20-38(30)32(41)26-15-17-35-18-16-26)21-29(39)36-27(19-24-11-7-5-8-12-24)31(40)34(43)44-23(3)4/h5-18,20,22-23,27,30H,19,21H2,1-4H3,(H,36,39)/t27-,30?/m0/s1. The van der Waals surface area contributed by atoms with E-state index in [1.54, 1.807) is 80.7 Å². The number of nitrogens with one attached hydrogen (secondary N) is 1. The predicted octanol–water partition coefficient (Wildman–Crippen LogP) is 3.64. The van der Waals surface area contributed by atoms with E-state index in [0.717, 1.165) is 5.56 Å². The second-order valence-corrected chi connectivity index (χ2v) is 11.1. The van der Waals surface area contributed by atoms with Gasteiger partial charge in [0.15, 0.2) is 0 Å². The maximum Gasteiger partial charge on any atom is 0.377 e. The summed E-state index contributed by atoms with van der Waals surface area (Å²) >= 11 is 0. The van der Waals surface area contributed by atoms with Gasteiger partial charge in [-0.1, -0.05) is 74.5 Å². The van der Waals surface area contributed by atoms with Gasteiger partial charge in [0.05, 0.1) is 11.8 Å². The Morgan fingerprint density at radius 3 is 2.09 bits per heavy atom. The van der Waals surface area contributed by atoms with Crippen LogP contribution in [-0.2, 0) is 30.3 Å². The quantitative estimate of drug-likeness (QED) is 0.265. The number of Topliss-reactive ketones (excluding diaryl/α,β-unsaturated/α-hetero) is 1. The van der Waals surface area contributed by atoms with E-state index < -0.39 is 48.3 Å². The Morgan fingerprint density at radius 1 is 0.886 bits per heavy atom. The van der Waals surface area contributed by atoms with Gasteiger partial charge in [-0.05, 0) is 43.0 Å². The first-order valence-corrected chi connectivity index (χ1v) is 14.5. The van der Waals surface area contributed by atoms with Crippen molar-refractivity contribution in [1.82, 2.24) is 20.1 Å². The molecule has 1 aromatic heterocycles. The van der Waals surface area contributed by atoms with E-state index in [1.165, 1.54) is 22.2 Å². The van der Waals surface area contributed by atoms with Gasteiger partial charge in [0.25, 0.3) is 17.6 Å². The Hall–Kier alpha value is -5.12. The number of carbonyl (C=O) groups is 5. The van der Waals surface area contributed by atoms with Crippen LogP contribution in [0.4, 0.5) is 0 Å². The molecule has 3 amide bonds. The van der Waals surface area contributed by atoms with Crippen molar-refractivity contribution in [3.05, 3.63) is 108 Å². The molecule has 2 atom stereocenters. The molecule has 0 spiro atoms. The van der Waals surface area contributed by atoms with Crippen molar-refractivity contribution in [2.45, 2.75) is 52.3 Å². The Labute approximate surface area is 256 Å². The van der Waals surface area contributed by atoms with Crippen LogP contribution in [0.25, 0.3) is 5.70 Å². The molecule has 0 aliphatic carbocycles. The first-order valence-electron chi connectivity index (χ1n) is 14.5. The third-order valence-electron chi connectivity index (χ3n) is 7.01. The van der Waals surface area contributed by atoms with Crippen LogP contribution in [0.15, 0.2) is 91.4 Å². The van der Waals surface area contributed by atoms with E-state index in [0.29, 0.717) is 16.8 Å². The summed E-state index contributed by atoms with van der Waals surface area (Å²) in [6.07, 6.45) is 4.13. The third-order valence-corrected chi connectivity index (χ3v) is 7.01. The van der Waals surface area contributed by atoms with Crippen LogP contribution < -0.4 is 5.32 Å². The van der Waals surface area contributed by atoms with Crippen LogP contribution in [0.5, 0.6) is 0 Å². The van der Waals surface area contributed by atoms with Gasteiger partial charge in [0, 0.05) is 30.6 Å². The van der Waals surface area contributed by atoms with Gasteiger partial charge in [-0.25, -0.2) is 4.79 Å². The van der Waals surface area contributed by atoms with E-state index in [-0.39, 0.29) is 18.2 Å². The van der Waals surface area contributed by atoms with Crippen LogP contribution in [0.3, 0.4) is 0 Å². The highest BCUT2D eigenvalue weighted by atomic mass is 16.5. The smallest absolute Gasteiger partial charge is 0.377 e. The van der Waals surface area contributed by atoms with Crippen LogP contribution in [0.2, 0.25) is 0 Å². The fourth-order valence-electron chi connectivity index (χ4n) is 4.97. The monoisotopic (exact) mass is 596 g/mol. The summed E-state index contributed by atoms with van der Waals surface area (Å²) in [6.45, 7) is 6.46. The molecule has 0 bridgehead atoms. The Morgan fingerprint density at radius 2 is 1.50 bits per heavy atom. The number of nitrogens with zero attached hydrogens (tertiary/aromatic N) is 3. The summed E-state index contributed by atoms with van der Waals surface area (Å²) in [5.74, 6) is -3.73. The van der Waals surface area contributed by atoms with Crippen LogP contribution in [0, 0.1) is 5.92 Å². The summed E-state index contributed by atoms with van der Waals surface area (Å²) in [5.41, 5.74) is 2.05. The first kappa shape index (κ1) is 31.8. The van der Waals surface area contributed by atoms with Gasteiger partial charge in [-0.15, -0.1) is 0 Å². The van der Waals surface area contributed by atoms with Crippen molar-refractivity contribution >= 4 is 35.2 Å². The number of benzene rings is 2. The molecule has 10 nitrogen and oxygen atoms in total. The summed E-state index contributed by atoms with van der Waals surface area (Å²) in [5, 5.41) is 2.67. The molecule has 2 heterocycles. The van der Waals surface area contributed by atoms with Gasteiger partial charge in [0.1, 0.15) is 18.6 Å². The number of aromatic nitrogens is 1. The molecule has 1 unspecified atom stereocenters. The number of pyridine rings is 1. The SMILES string of the molecule is CC(C)OC(=O)C(=O)[C@H](Cc1ccccc1)NC(=O)CN1C(=O)C(C(C)C)N(C(=O)c2ccncc2)C=C1c1ccccc1. The minimum atomic E-state index is -1.22. The maximum atomic E-state index is 14.1. The minimum Gasteiger partial charge on any atom is -0.457 e. The van der Waals surface area contributed by atoms with Gasteiger partial charge in [-0.2, -0.15) is 0 Å². The molecule has 228 valence electrons. The normalized spacial score (nSPS) is 15.5. The van der Waals surface area contributed by atoms with Crippen molar-refractivity contribution < 1.29 is 28.7 Å². The number of hydrogen-bond donors (Lipinski definition) is 1. The lowest BCUT2D eigenvalue weighted by Gasteiger charge is -2.41. The number of amides is 3. The lowest BCUT2D eigenvalue weighted by atomic mass is 9.96. The summed E-state index contributed by atoms with van der Waals surface area (Å²) in [4.78, 5) is 73.7. The third kappa shape index (κ3) is 7.63. The zero-order valence-corrected chi connectivity index (χ0v) is 25.2. The van der Waals surface area contributed by atoms with Crippen LogP contribution >= 0.6 is 0 Å². The molecule has 1 aliphatic heterocycles. The average Bonchev–Trinajstić information content (AvgIpc) is 3.01. The number of ether oxygens (including phenoxy) is 1. The number of hydrogen-bond acceptors (Lipinski definition) is 7. The van der Waals surface area contributed by atoms with Crippen molar-refractivity contribution in [1.29, 1.82) is 0 Å². The van der Waals surface area contributed by atoms with E-state index in [4.69, 9.17) is 4.74 Å². The molecule has 0 radical (unpaired) electrons. The highest BCUT2D eigenvalue weighted by molar-refractivity contribution is 6.36. The zero-order valence-electron chi connectivity index (χ0n) is 25.2. The van der Waals surface area contributed by atoms with Gasteiger partial charge < -0.3 is 15.0 Å². The molecule has 1 aliphatic rings. The molecule has 2 aromatic carbocycles. The molecule has 0 saturated heterocycles. The minimum absolute atomic E-state index is 0.0523. The van der Waals surface area contributed by atoms with Crippen LogP contribution in [-0.4, -0.2) is 69.0 Å². The van der Waals surface area contributed by atoms with Crippen molar-refractivity contribution in [3.63, 3.8) is 0 Å². The molecule has 10 heteroatoms. The molecule has 44 heavy (non-hydrogen) atoms. The lowest BCUT2D eigenvalue weighted by Crippen LogP contribution is -2.57. The van der Waals surface area contributed by atoms with Crippen molar-refractivity contribution in [2.75, 3.05) is 6.54 Å². The van der Waals surface area contributed by atoms with E-state index in [1.807, 2.05) is 26.0 Å². The molecular formula is C34H36N4O6. The van der Waals surface area contributed by atoms with Gasteiger partial charge >= 0.3 is 5.97 Å². The molecular weight excluding hydrogens is 560 g/mol. The molecule has 0 fully saturated rings. The second kappa shape index (κ2) is 14.4. The highest BCUT2D eigenvalue weighted by Gasteiger charge is 2.41. The lowest BCUT2D eigenvalue weighted by molar-refractivity contribution is -0.157. The molecule has 3 aromatic rings. The predicted molar refractivity (Wildman–Crippen MR) is 163 cm³/mol. The fraction of sp³-hybridized carbons (Fsp3) is 0.294. The Bertz CT molecular complexity index is 1520. The molecule has 1 N–H and O–H groups in total. The molecule has 0 saturated carbocycles. The summed E-state index contributed by atoms with van der Waals surface area (Å²) in [6, 6.07) is 19.0. The van der Waals surface area contributed by atoms with Gasteiger partial charge in [-0.3, -0.25) is 29.1 Å². The van der Waals surface area contributed by atoms with Crippen molar-refractivity contribution in [3.8, 4) is 0 Å². The Kier molecular flexibility index (Phi) is 10.4. The number of esters is 1. The van der Waals surface area contributed by atoms with E-state index in [2.05, 4.69) is 10.3 Å². The second-order valence-electron chi connectivity index (χ2n) is 11.1.